The van der Waals surface area contributed by atoms with Crippen LogP contribution in [0.4, 0.5) is 20.2 Å². The fourth-order valence-electron chi connectivity index (χ4n) is 2.28. The van der Waals surface area contributed by atoms with E-state index in [1.54, 1.807) is 13.0 Å². The Bertz CT molecular complexity index is 699. The second-order valence-electron chi connectivity index (χ2n) is 5.31. The van der Waals surface area contributed by atoms with Crippen LogP contribution in [0.2, 0.25) is 0 Å². The van der Waals surface area contributed by atoms with E-state index in [1.165, 1.54) is 12.1 Å². The Morgan fingerprint density at radius 3 is 2.22 bits per heavy atom. The van der Waals surface area contributed by atoms with Crippen LogP contribution in [0.5, 0.6) is 5.75 Å². The lowest BCUT2D eigenvalue weighted by molar-refractivity contribution is -0.0498. The van der Waals surface area contributed by atoms with Gasteiger partial charge in [0.05, 0.1) is 0 Å². The Morgan fingerprint density at radius 2 is 1.65 bits per heavy atom. The SMILES string of the molecule is Cc1cc(C)cc(NC(=S)Nc2ccc(OC(F)F)cc2C)c1. The summed E-state index contributed by atoms with van der Waals surface area (Å²) in [4.78, 5) is 0. The predicted octanol–water partition coefficient (Wildman–Crippen LogP) is 5.02. The number of hydrogen-bond acceptors (Lipinski definition) is 2. The van der Waals surface area contributed by atoms with Gasteiger partial charge in [0.1, 0.15) is 5.75 Å². The molecule has 0 atom stereocenters. The summed E-state index contributed by atoms with van der Waals surface area (Å²) < 4.78 is 28.8. The van der Waals surface area contributed by atoms with Crippen molar-refractivity contribution in [1.29, 1.82) is 0 Å². The molecule has 0 aliphatic heterocycles. The van der Waals surface area contributed by atoms with Crippen molar-refractivity contribution >= 4 is 28.7 Å². The van der Waals surface area contributed by atoms with Crippen LogP contribution in [-0.4, -0.2) is 11.7 Å². The summed E-state index contributed by atoms with van der Waals surface area (Å²) in [5.74, 6) is 0.122. The number of anilines is 2. The van der Waals surface area contributed by atoms with Crippen molar-refractivity contribution in [3.8, 4) is 5.75 Å². The lowest BCUT2D eigenvalue weighted by Gasteiger charge is -2.14. The number of aryl methyl sites for hydroxylation is 3. The highest BCUT2D eigenvalue weighted by Gasteiger charge is 2.07. The molecule has 0 unspecified atom stereocenters. The van der Waals surface area contributed by atoms with Crippen molar-refractivity contribution in [2.75, 3.05) is 10.6 Å². The van der Waals surface area contributed by atoms with Crippen molar-refractivity contribution in [2.24, 2.45) is 0 Å². The zero-order valence-corrected chi connectivity index (χ0v) is 13.9. The second-order valence-corrected chi connectivity index (χ2v) is 5.72. The minimum atomic E-state index is -2.83. The molecule has 2 aromatic rings. The third-order valence-electron chi connectivity index (χ3n) is 3.15. The molecule has 122 valence electrons. The highest BCUT2D eigenvalue weighted by molar-refractivity contribution is 7.80. The predicted molar refractivity (Wildman–Crippen MR) is 93.6 cm³/mol. The second kappa shape index (κ2) is 7.37. The Morgan fingerprint density at radius 1 is 1.00 bits per heavy atom. The largest absolute Gasteiger partial charge is 0.435 e. The van der Waals surface area contributed by atoms with Gasteiger partial charge in [0.25, 0.3) is 0 Å². The van der Waals surface area contributed by atoms with Crippen molar-refractivity contribution in [3.63, 3.8) is 0 Å². The molecule has 0 saturated carbocycles. The van der Waals surface area contributed by atoms with Gasteiger partial charge in [-0.2, -0.15) is 8.78 Å². The Hall–Kier alpha value is -2.21. The van der Waals surface area contributed by atoms with Crippen LogP contribution in [0.1, 0.15) is 16.7 Å². The van der Waals surface area contributed by atoms with E-state index in [0.29, 0.717) is 5.11 Å². The molecule has 2 N–H and O–H groups in total. The van der Waals surface area contributed by atoms with Crippen molar-refractivity contribution in [1.82, 2.24) is 0 Å². The number of ether oxygens (including phenoxy) is 1. The third-order valence-corrected chi connectivity index (χ3v) is 3.35. The summed E-state index contributed by atoms with van der Waals surface area (Å²) >= 11 is 5.29. The third kappa shape index (κ3) is 5.17. The van der Waals surface area contributed by atoms with Gasteiger partial charge in [0.2, 0.25) is 0 Å². The van der Waals surface area contributed by atoms with Crippen LogP contribution in [0.3, 0.4) is 0 Å². The van der Waals surface area contributed by atoms with Crippen LogP contribution in [0, 0.1) is 20.8 Å². The van der Waals surface area contributed by atoms with E-state index < -0.39 is 6.61 Å². The summed E-state index contributed by atoms with van der Waals surface area (Å²) in [6.45, 7) is 2.99. The highest BCUT2D eigenvalue weighted by Crippen LogP contribution is 2.23. The number of halogens is 2. The molecule has 0 bridgehead atoms. The van der Waals surface area contributed by atoms with Gasteiger partial charge in [-0.25, -0.2) is 0 Å². The number of alkyl halides is 2. The smallest absolute Gasteiger partial charge is 0.387 e. The van der Waals surface area contributed by atoms with Gasteiger partial charge < -0.3 is 15.4 Å². The molecule has 3 nitrogen and oxygen atoms in total. The maximum Gasteiger partial charge on any atom is 0.387 e. The molecule has 0 radical (unpaired) electrons. The fraction of sp³-hybridized carbons (Fsp3) is 0.235. The van der Waals surface area contributed by atoms with Gasteiger partial charge in [0.15, 0.2) is 5.11 Å². The number of thiocarbonyl (C=S) groups is 1. The molecule has 0 spiro atoms. The van der Waals surface area contributed by atoms with Gasteiger partial charge in [0, 0.05) is 11.4 Å². The first-order valence-corrected chi connectivity index (χ1v) is 7.46. The number of nitrogens with one attached hydrogen (secondary N) is 2. The summed E-state index contributed by atoms with van der Waals surface area (Å²) in [6, 6.07) is 10.7. The molecule has 0 aromatic heterocycles. The van der Waals surface area contributed by atoms with E-state index in [9.17, 15) is 8.78 Å². The van der Waals surface area contributed by atoms with Crippen LogP contribution >= 0.6 is 12.2 Å². The molecule has 23 heavy (non-hydrogen) atoms. The molecular weight excluding hydrogens is 318 g/mol. The van der Waals surface area contributed by atoms with Crippen molar-refractivity contribution < 1.29 is 13.5 Å². The minimum absolute atomic E-state index is 0.122. The monoisotopic (exact) mass is 336 g/mol. The normalized spacial score (nSPS) is 10.5. The maximum atomic E-state index is 12.2. The summed E-state index contributed by atoms with van der Waals surface area (Å²) in [5, 5.41) is 6.60. The number of benzene rings is 2. The minimum Gasteiger partial charge on any atom is -0.435 e. The van der Waals surface area contributed by atoms with E-state index in [2.05, 4.69) is 21.4 Å². The summed E-state index contributed by atoms with van der Waals surface area (Å²) in [5.41, 5.74) is 4.66. The number of rotatable bonds is 4. The zero-order chi connectivity index (χ0) is 17.0. The molecule has 2 aromatic carbocycles. The number of hydrogen-bond donors (Lipinski definition) is 2. The van der Waals surface area contributed by atoms with Gasteiger partial charge in [-0.15, -0.1) is 0 Å². The van der Waals surface area contributed by atoms with Gasteiger partial charge in [-0.3, -0.25) is 0 Å². The van der Waals surface area contributed by atoms with Gasteiger partial charge in [-0.1, -0.05) is 6.07 Å². The first kappa shape index (κ1) is 17.1. The van der Waals surface area contributed by atoms with Crippen LogP contribution in [0.15, 0.2) is 36.4 Å². The van der Waals surface area contributed by atoms with E-state index in [-0.39, 0.29) is 5.75 Å². The van der Waals surface area contributed by atoms with Crippen LogP contribution in [-0.2, 0) is 0 Å². The lowest BCUT2D eigenvalue weighted by Crippen LogP contribution is -2.19. The molecule has 2 rings (SSSR count). The maximum absolute atomic E-state index is 12.2. The average Bonchev–Trinajstić information content (AvgIpc) is 2.40. The molecule has 0 amide bonds. The van der Waals surface area contributed by atoms with E-state index in [4.69, 9.17) is 12.2 Å². The van der Waals surface area contributed by atoms with E-state index in [1.807, 2.05) is 26.0 Å². The van der Waals surface area contributed by atoms with Crippen LogP contribution in [0.25, 0.3) is 0 Å². The quantitative estimate of drug-likeness (QED) is 0.768. The first-order chi connectivity index (χ1) is 10.8. The summed E-state index contributed by atoms with van der Waals surface area (Å²) in [7, 11) is 0. The molecule has 6 heteroatoms. The van der Waals surface area contributed by atoms with Gasteiger partial charge in [-0.05, 0) is 80.0 Å². The first-order valence-electron chi connectivity index (χ1n) is 7.05. The van der Waals surface area contributed by atoms with E-state index in [0.717, 1.165) is 28.1 Å². The van der Waals surface area contributed by atoms with E-state index >= 15 is 0 Å². The molecule has 0 saturated heterocycles. The van der Waals surface area contributed by atoms with Crippen molar-refractivity contribution in [3.05, 3.63) is 53.1 Å². The molecular formula is C17H18F2N2OS. The average molecular weight is 336 g/mol. The lowest BCUT2D eigenvalue weighted by atomic mass is 10.1. The standard InChI is InChI=1S/C17H18F2N2OS/c1-10-6-11(2)8-13(7-10)20-17(23)21-15-5-4-14(9-12(15)3)22-16(18)19/h4-9,16H,1-3H3,(H2,20,21,23). The topological polar surface area (TPSA) is 33.3 Å². The Balaban J connectivity index is 2.05. The molecule has 0 heterocycles. The zero-order valence-electron chi connectivity index (χ0n) is 13.1. The van der Waals surface area contributed by atoms with Crippen molar-refractivity contribution in [2.45, 2.75) is 27.4 Å². The highest BCUT2D eigenvalue weighted by atomic mass is 32.1. The summed E-state index contributed by atoms with van der Waals surface area (Å²) in [6.07, 6.45) is 0. The molecule has 0 aliphatic carbocycles. The van der Waals surface area contributed by atoms with Gasteiger partial charge >= 0.3 is 6.61 Å². The Kier molecular flexibility index (Phi) is 5.50. The molecule has 0 fully saturated rings. The molecule has 0 aliphatic rings. The Labute approximate surface area is 139 Å². The van der Waals surface area contributed by atoms with Crippen LogP contribution < -0.4 is 15.4 Å². The fourth-order valence-corrected chi connectivity index (χ4v) is 2.51.